The van der Waals surface area contributed by atoms with E-state index in [0.29, 0.717) is 47.8 Å². The number of ether oxygens (including phenoxy) is 2. The lowest BCUT2D eigenvalue weighted by molar-refractivity contribution is -0.122. The summed E-state index contributed by atoms with van der Waals surface area (Å²) in [7, 11) is -3.59. The number of fused-ring (bicyclic) bond motifs is 1. The van der Waals surface area contributed by atoms with Crippen LogP contribution in [0, 0.1) is 17.8 Å². The first-order chi connectivity index (χ1) is 16.7. The first kappa shape index (κ1) is 23.6. The van der Waals surface area contributed by atoms with E-state index in [4.69, 9.17) is 9.47 Å². The number of carbonyl (C=O) groups is 2. The number of benzene rings is 2. The topological polar surface area (TPSA) is 105 Å². The minimum Gasteiger partial charge on any atom is -0.454 e. The van der Waals surface area contributed by atoms with E-state index in [1.165, 1.54) is 12.1 Å². The summed E-state index contributed by atoms with van der Waals surface area (Å²) in [5.41, 5.74) is 1.15. The van der Waals surface area contributed by atoms with Crippen molar-refractivity contribution in [1.29, 1.82) is 0 Å². The van der Waals surface area contributed by atoms with Crippen molar-refractivity contribution in [3.05, 3.63) is 42.5 Å². The Bertz CT molecular complexity index is 1240. The lowest BCUT2D eigenvalue weighted by Crippen LogP contribution is -2.42. The van der Waals surface area contributed by atoms with Gasteiger partial charge >= 0.3 is 0 Å². The average molecular weight is 500 g/mol. The van der Waals surface area contributed by atoms with Gasteiger partial charge in [-0.3, -0.25) is 9.59 Å². The lowest BCUT2D eigenvalue weighted by atomic mass is 9.94. The predicted molar refractivity (Wildman–Crippen MR) is 130 cm³/mol. The van der Waals surface area contributed by atoms with E-state index < -0.39 is 15.9 Å². The van der Waals surface area contributed by atoms with E-state index in [2.05, 4.69) is 19.2 Å². The van der Waals surface area contributed by atoms with E-state index >= 15 is 0 Å². The maximum Gasteiger partial charge on any atom is 0.243 e. The Labute approximate surface area is 205 Å². The molecule has 2 aromatic rings. The third kappa shape index (κ3) is 4.72. The molecule has 186 valence electrons. The molecule has 1 N–H and O–H groups in total. The molecule has 3 heterocycles. The Morgan fingerprint density at radius 3 is 2.37 bits per heavy atom. The minimum atomic E-state index is -3.59. The van der Waals surface area contributed by atoms with Gasteiger partial charge in [0.2, 0.25) is 28.6 Å². The van der Waals surface area contributed by atoms with Crippen molar-refractivity contribution in [1.82, 2.24) is 4.31 Å². The lowest BCUT2D eigenvalue weighted by Gasteiger charge is -2.34. The standard InChI is InChI=1S/C25H29N3O6S/c1-16-9-17(2)13-27(12-16)35(31,32)21-6-3-19(4-7-21)26-25(30)18-10-24(29)28(14-18)20-5-8-22-23(11-20)34-15-33-22/h3-8,11,16-18H,9-10,12-15H2,1-2H3,(H,26,30). The highest BCUT2D eigenvalue weighted by Gasteiger charge is 2.36. The summed E-state index contributed by atoms with van der Waals surface area (Å²) in [6.07, 6.45) is 1.12. The molecule has 5 rings (SSSR count). The summed E-state index contributed by atoms with van der Waals surface area (Å²) in [4.78, 5) is 27.2. The van der Waals surface area contributed by atoms with Crippen LogP contribution in [0.5, 0.6) is 11.5 Å². The molecule has 0 aromatic heterocycles. The molecular weight excluding hydrogens is 470 g/mol. The first-order valence-electron chi connectivity index (χ1n) is 11.8. The van der Waals surface area contributed by atoms with Gasteiger partial charge in [-0.15, -0.1) is 0 Å². The highest BCUT2D eigenvalue weighted by atomic mass is 32.2. The summed E-state index contributed by atoms with van der Waals surface area (Å²) in [6.45, 7) is 5.56. The summed E-state index contributed by atoms with van der Waals surface area (Å²) in [5, 5.41) is 2.82. The van der Waals surface area contributed by atoms with E-state index in [1.54, 1.807) is 39.5 Å². The molecule has 2 saturated heterocycles. The van der Waals surface area contributed by atoms with Crippen molar-refractivity contribution in [2.45, 2.75) is 31.6 Å². The smallest absolute Gasteiger partial charge is 0.243 e. The Morgan fingerprint density at radius 2 is 1.66 bits per heavy atom. The van der Waals surface area contributed by atoms with Crippen molar-refractivity contribution in [3.8, 4) is 11.5 Å². The van der Waals surface area contributed by atoms with E-state index in [9.17, 15) is 18.0 Å². The van der Waals surface area contributed by atoms with Crippen LogP contribution in [0.1, 0.15) is 26.7 Å². The van der Waals surface area contributed by atoms with Crippen LogP contribution in [0.3, 0.4) is 0 Å². The average Bonchev–Trinajstić information content (AvgIpc) is 3.44. The molecule has 0 aliphatic carbocycles. The van der Waals surface area contributed by atoms with E-state index in [-0.39, 0.29) is 36.5 Å². The maximum atomic E-state index is 13.1. The molecule has 2 aromatic carbocycles. The molecule has 0 saturated carbocycles. The molecular formula is C25H29N3O6S. The van der Waals surface area contributed by atoms with Crippen molar-refractivity contribution < 1.29 is 27.5 Å². The van der Waals surface area contributed by atoms with Crippen LogP contribution >= 0.6 is 0 Å². The summed E-state index contributed by atoms with van der Waals surface area (Å²) >= 11 is 0. The van der Waals surface area contributed by atoms with E-state index in [1.807, 2.05) is 0 Å². The Morgan fingerprint density at radius 1 is 0.971 bits per heavy atom. The van der Waals surface area contributed by atoms with Crippen LogP contribution in [0.25, 0.3) is 0 Å². The largest absolute Gasteiger partial charge is 0.454 e. The zero-order valence-electron chi connectivity index (χ0n) is 19.8. The number of anilines is 2. The Balaban J connectivity index is 1.23. The highest BCUT2D eigenvalue weighted by molar-refractivity contribution is 7.89. The molecule has 3 unspecified atom stereocenters. The van der Waals surface area contributed by atoms with Crippen molar-refractivity contribution in [3.63, 3.8) is 0 Å². The molecule has 3 aliphatic heterocycles. The molecule has 9 nitrogen and oxygen atoms in total. The van der Waals surface area contributed by atoms with E-state index in [0.717, 1.165) is 6.42 Å². The van der Waals surface area contributed by atoms with Crippen LogP contribution < -0.4 is 19.7 Å². The molecule has 2 fully saturated rings. The zero-order valence-corrected chi connectivity index (χ0v) is 20.6. The molecule has 0 radical (unpaired) electrons. The monoisotopic (exact) mass is 499 g/mol. The van der Waals surface area contributed by atoms with Gasteiger partial charge in [0.15, 0.2) is 11.5 Å². The Kier molecular flexibility index (Phi) is 6.18. The van der Waals surface area contributed by atoms with Gasteiger partial charge in [0.1, 0.15) is 0 Å². The maximum absolute atomic E-state index is 13.1. The third-order valence-corrected chi connectivity index (χ3v) is 8.60. The van der Waals surface area contributed by atoms with Crippen LogP contribution in [-0.2, 0) is 19.6 Å². The van der Waals surface area contributed by atoms with Gasteiger partial charge in [0, 0.05) is 43.5 Å². The van der Waals surface area contributed by atoms with Crippen molar-refractivity contribution in [2.24, 2.45) is 17.8 Å². The Hall–Kier alpha value is -3.11. The number of nitrogens with zero attached hydrogens (tertiary/aromatic N) is 2. The second kappa shape index (κ2) is 9.16. The number of piperidine rings is 1. The first-order valence-corrected chi connectivity index (χ1v) is 13.3. The molecule has 35 heavy (non-hydrogen) atoms. The number of hydrogen-bond donors (Lipinski definition) is 1. The summed E-state index contributed by atoms with van der Waals surface area (Å²) in [5.74, 6) is 0.895. The van der Waals surface area contributed by atoms with Crippen molar-refractivity contribution >= 4 is 33.2 Å². The number of hydrogen-bond acceptors (Lipinski definition) is 6. The van der Waals surface area contributed by atoms with Crippen LogP contribution in [0.15, 0.2) is 47.4 Å². The molecule has 10 heteroatoms. The quantitative estimate of drug-likeness (QED) is 0.678. The SMILES string of the molecule is CC1CC(C)CN(S(=O)(=O)c2ccc(NC(=O)C3CC(=O)N(c4ccc5c(c4)OCO5)C3)cc2)C1. The van der Waals surface area contributed by atoms with Crippen molar-refractivity contribution in [2.75, 3.05) is 36.6 Å². The molecule has 3 atom stereocenters. The predicted octanol–water partition coefficient (Wildman–Crippen LogP) is 3.07. The fourth-order valence-corrected chi connectivity index (χ4v) is 6.77. The molecule has 2 amide bonds. The second-order valence-electron chi connectivity index (χ2n) is 9.72. The van der Waals surface area contributed by atoms with Gasteiger partial charge in [-0.25, -0.2) is 8.42 Å². The summed E-state index contributed by atoms with van der Waals surface area (Å²) < 4.78 is 38.4. The van der Waals surface area contributed by atoms with Crippen LogP contribution in [0.4, 0.5) is 11.4 Å². The number of nitrogens with one attached hydrogen (secondary N) is 1. The van der Waals surface area contributed by atoms with Gasteiger partial charge in [-0.1, -0.05) is 13.8 Å². The van der Waals surface area contributed by atoms with Crippen LogP contribution in [0.2, 0.25) is 0 Å². The minimum absolute atomic E-state index is 0.0953. The number of amides is 2. The normalized spacial score (nSPS) is 24.6. The van der Waals surface area contributed by atoms with Gasteiger partial charge in [-0.2, -0.15) is 4.31 Å². The van der Waals surface area contributed by atoms with Gasteiger partial charge in [0.25, 0.3) is 0 Å². The van der Waals surface area contributed by atoms with Crippen LogP contribution in [-0.4, -0.2) is 51.0 Å². The molecule has 3 aliphatic rings. The van der Waals surface area contributed by atoms with Gasteiger partial charge in [0.05, 0.1) is 10.8 Å². The fourth-order valence-electron chi connectivity index (χ4n) is 5.09. The highest BCUT2D eigenvalue weighted by Crippen LogP contribution is 2.37. The number of sulfonamides is 1. The molecule has 0 bridgehead atoms. The fraction of sp³-hybridized carbons (Fsp3) is 0.440. The third-order valence-electron chi connectivity index (χ3n) is 6.76. The number of rotatable bonds is 5. The summed E-state index contributed by atoms with van der Waals surface area (Å²) in [6, 6.07) is 11.5. The van der Waals surface area contributed by atoms with Gasteiger partial charge < -0.3 is 19.7 Å². The second-order valence-corrected chi connectivity index (χ2v) is 11.7. The zero-order chi connectivity index (χ0) is 24.7. The number of carbonyl (C=O) groups excluding carboxylic acids is 2. The van der Waals surface area contributed by atoms with Gasteiger partial charge in [-0.05, 0) is 54.7 Å². The molecule has 0 spiro atoms.